The Morgan fingerprint density at radius 1 is 1.39 bits per heavy atom. The smallest absolute Gasteiger partial charge is 0.416 e. The van der Waals surface area contributed by atoms with Gasteiger partial charge in [-0.2, -0.15) is 13.2 Å². The molecule has 3 rings (SSSR count). The fourth-order valence-corrected chi connectivity index (χ4v) is 3.13. The number of aliphatic carboxylic acids is 1. The number of hydrogen-bond acceptors (Lipinski definition) is 1. The molecule has 1 spiro atoms. The first-order chi connectivity index (χ1) is 8.34. The molecule has 2 aliphatic carbocycles. The molecule has 1 aromatic rings. The van der Waals surface area contributed by atoms with Crippen LogP contribution in [0.25, 0.3) is 0 Å². The van der Waals surface area contributed by atoms with E-state index in [4.69, 9.17) is 5.11 Å². The van der Waals surface area contributed by atoms with Gasteiger partial charge in [0.05, 0.1) is 11.5 Å². The van der Waals surface area contributed by atoms with Crippen LogP contribution >= 0.6 is 0 Å². The van der Waals surface area contributed by atoms with Crippen molar-refractivity contribution in [3.63, 3.8) is 0 Å². The van der Waals surface area contributed by atoms with Crippen molar-refractivity contribution in [3.05, 3.63) is 34.9 Å². The van der Waals surface area contributed by atoms with E-state index in [1.54, 1.807) is 0 Å². The summed E-state index contributed by atoms with van der Waals surface area (Å²) in [5.74, 6) is -1.41. The van der Waals surface area contributed by atoms with Crippen molar-refractivity contribution in [1.29, 1.82) is 0 Å². The standard InChI is InChI=1S/C13H11F3O2/c14-13(15,16)8-2-1-7-3-4-12(9(7)5-8)6-10(12)11(17)18/h1-2,5,10H,3-4,6H2,(H,17,18). The summed E-state index contributed by atoms with van der Waals surface area (Å²) in [6, 6.07) is 3.71. The van der Waals surface area contributed by atoms with E-state index in [2.05, 4.69) is 0 Å². The molecule has 1 saturated carbocycles. The van der Waals surface area contributed by atoms with Crippen LogP contribution in [0.4, 0.5) is 13.2 Å². The lowest BCUT2D eigenvalue weighted by Crippen LogP contribution is -2.13. The van der Waals surface area contributed by atoms with Gasteiger partial charge in [0.15, 0.2) is 0 Å². The third-order valence-electron chi connectivity index (χ3n) is 4.19. The molecule has 1 aromatic carbocycles. The van der Waals surface area contributed by atoms with Gasteiger partial charge in [-0.25, -0.2) is 0 Å². The zero-order valence-corrected chi connectivity index (χ0v) is 9.42. The van der Waals surface area contributed by atoms with Crippen molar-refractivity contribution < 1.29 is 23.1 Å². The number of aryl methyl sites for hydroxylation is 1. The Morgan fingerprint density at radius 2 is 2.11 bits per heavy atom. The van der Waals surface area contributed by atoms with E-state index in [9.17, 15) is 18.0 Å². The average Bonchev–Trinajstić information content (AvgIpc) is 2.89. The van der Waals surface area contributed by atoms with Crippen molar-refractivity contribution >= 4 is 5.97 Å². The van der Waals surface area contributed by atoms with E-state index >= 15 is 0 Å². The molecule has 0 saturated heterocycles. The molecule has 5 heteroatoms. The zero-order chi connectivity index (χ0) is 13.1. The third-order valence-corrected chi connectivity index (χ3v) is 4.19. The topological polar surface area (TPSA) is 37.3 Å². The molecule has 96 valence electrons. The lowest BCUT2D eigenvalue weighted by atomic mass is 9.94. The van der Waals surface area contributed by atoms with Gasteiger partial charge in [0.25, 0.3) is 0 Å². The van der Waals surface area contributed by atoms with Gasteiger partial charge in [-0.1, -0.05) is 6.07 Å². The summed E-state index contributed by atoms with van der Waals surface area (Å²) in [6.45, 7) is 0. The van der Waals surface area contributed by atoms with Crippen LogP contribution in [-0.2, 0) is 22.8 Å². The summed E-state index contributed by atoms with van der Waals surface area (Å²) < 4.78 is 38.0. The highest BCUT2D eigenvalue weighted by Gasteiger charge is 2.62. The van der Waals surface area contributed by atoms with E-state index in [0.717, 1.165) is 17.7 Å². The SMILES string of the molecule is O=C(O)C1CC12CCc1ccc(C(F)(F)F)cc12. The summed E-state index contributed by atoms with van der Waals surface area (Å²) >= 11 is 0. The number of rotatable bonds is 1. The van der Waals surface area contributed by atoms with Crippen molar-refractivity contribution in [2.75, 3.05) is 0 Å². The van der Waals surface area contributed by atoms with Crippen molar-refractivity contribution in [1.82, 2.24) is 0 Å². The Kier molecular flexibility index (Phi) is 2.10. The molecular weight excluding hydrogens is 245 g/mol. The van der Waals surface area contributed by atoms with Crippen molar-refractivity contribution in [2.45, 2.75) is 30.9 Å². The van der Waals surface area contributed by atoms with Gasteiger partial charge in [-0.3, -0.25) is 4.79 Å². The maximum atomic E-state index is 12.7. The largest absolute Gasteiger partial charge is 0.481 e. The molecule has 2 unspecified atom stereocenters. The van der Waals surface area contributed by atoms with Crippen LogP contribution in [0.15, 0.2) is 18.2 Å². The predicted octanol–water partition coefficient (Wildman–Crippen LogP) is 2.99. The van der Waals surface area contributed by atoms with E-state index in [0.29, 0.717) is 24.8 Å². The Bertz CT molecular complexity index is 536. The van der Waals surface area contributed by atoms with Crippen LogP contribution in [0.3, 0.4) is 0 Å². The highest BCUT2D eigenvalue weighted by molar-refractivity contribution is 5.78. The average molecular weight is 256 g/mol. The van der Waals surface area contributed by atoms with E-state index in [-0.39, 0.29) is 0 Å². The molecule has 18 heavy (non-hydrogen) atoms. The lowest BCUT2D eigenvalue weighted by molar-refractivity contribution is -0.139. The molecule has 2 aliphatic rings. The first-order valence-corrected chi connectivity index (χ1v) is 5.78. The van der Waals surface area contributed by atoms with Crippen LogP contribution in [-0.4, -0.2) is 11.1 Å². The summed E-state index contributed by atoms with van der Waals surface area (Å²) in [7, 11) is 0. The third kappa shape index (κ3) is 1.46. The monoisotopic (exact) mass is 256 g/mol. The molecule has 0 radical (unpaired) electrons. The Morgan fingerprint density at radius 3 is 2.67 bits per heavy atom. The highest BCUT2D eigenvalue weighted by atomic mass is 19.4. The quantitative estimate of drug-likeness (QED) is 0.838. The van der Waals surface area contributed by atoms with E-state index in [1.165, 1.54) is 6.07 Å². The number of alkyl halides is 3. The normalized spacial score (nSPS) is 29.4. The predicted molar refractivity (Wildman–Crippen MR) is 57.2 cm³/mol. The molecule has 1 fully saturated rings. The molecule has 0 amide bonds. The second kappa shape index (κ2) is 3.28. The van der Waals surface area contributed by atoms with E-state index < -0.39 is 29.0 Å². The van der Waals surface area contributed by atoms with Crippen molar-refractivity contribution in [2.24, 2.45) is 5.92 Å². The van der Waals surface area contributed by atoms with Crippen LogP contribution in [0, 0.1) is 5.92 Å². The number of fused-ring (bicyclic) bond motifs is 2. The maximum absolute atomic E-state index is 12.7. The Balaban J connectivity index is 2.04. The molecular formula is C13H11F3O2. The fourth-order valence-electron chi connectivity index (χ4n) is 3.13. The molecule has 2 nitrogen and oxygen atoms in total. The van der Waals surface area contributed by atoms with Crippen LogP contribution in [0.2, 0.25) is 0 Å². The number of carbonyl (C=O) groups is 1. The second-order valence-corrected chi connectivity index (χ2v) is 5.12. The number of benzene rings is 1. The Hall–Kier alpha value is -1.52. The van der Waals surface area contributed by atoms with Crippen LogP contribution in [0.1, 0.15) is 29.5 Å². The summed E-state index contributed by atoms with van der Waals surface area (Å²) in [5, 5.41) is 9.01. The minimum absolute atomic E-state index is 0.469. The van der Waals surface area contributed by atoms with Crippen LogP contribution in [0.5, 0.6) is 0 Å². The molecule has 1 N–H and O–H groups in total. The first kappa shape index (κ1) is 11.6. The summed E-state index contributed by atoms with van der Waals surface area (Å²) in [4.78, 5) is 11.0. The van der Waals surface area contributed by atoms with Crippen LogP contribution < -0.4 is 0 Å². The van der Waals surface area contributed by atoms with Crippen molar-refractivity contribution in [3.8, 4) is 0 Å². The minimum atomic E-state index is -4.37. The van der Waals surface area contributed by atoms with Gasteiger partial charge in [0.2, 0.25) is 0 Å². The van der Waals surface area contributed by atoms with Gasteiger partial charge in [-0.15, -0.1) is 0 Å². The maximum Gasteiger partial charge on any atom is 0.416 e. The first-order valence-electron chi connectivity index (χ1n) is 5.78. The minimum Gasteiger partial charge on any atom is -0.481 e. The summed E-state index contributed by atoms with van der Waals surface area (Å²) in [5.41, 5.74) is 0.262. The highest BCUT2D eigenvalue weighted by Crippen LogP contribution is 2.61. The molecule has 0 heterocycles. The van der Waals surface area contributed by atoms with Gasteiger partial charge in [-0.05, 0) is 42.5 Å². The molecule has 0 aliphatic heterocycles. The van der Waals surface area contributed by atoms with Gasteiger partial charge in [0, 0.05) is 5.41 Å². The Labute approximate surface area is 101 Å². The fraction of sp³-hybridized carbons (Fsp3) is 0.462. The molecule has 0 bridgehead atoms. The number of carboxylic acids is 1. The van der Waals surface area contributed by atoms with E-state index in [1.807, 2.05) is 0 Å². The van der Waals surface area contributed by atoms with Gasteiger partial charge < -0.3 is 5.11 Å². The number of carboxylic acid groups (broad SMARTS) is 1. The lowest BCUT2D eigenvalue weighted by Gasteiger charge is -2.13. The van der Waals surface area contributed by atoms with Gasteiger partial charge >= 0.3 is 12.1 Å². The second-order valence-electron chi connectivity index (χ2n) is 5.12. The number of halogens is 3. The summed E-state index contributed by atoms with van der Waals surface area (Å²) in [6.07, 6.45) is -2.57. The zero-order valence-electron chi connectivity index (χ0n) is 9.42. The molecule has 2 atom stereocenters. The number of hydrogen-bond donors (Lipinski definition) is 1. The van der Waals surface area contributed by atoms with Gasteiger partial charge in [0.1, 0.15) is 0 Å². The molecule has 0 aromatic heterocycles.